The van der Waals surface area contributed by atoms with E-state index < -0.39 is 0 Å². The van der Waals surface area contributed by atoms with Crippen LogP contribution in [0, 0.1) is 0 Å². The van der Waals surface area contributed by atoms with Crippen molar-refractivity contribution in [3.8, 4) is 0 Å². The summed E-state index contributed by atoms with van der Waals surface area (Å²) in [5, 5.41) is 5.99. The van der Waals surface area contributed by atoms with E-state index in [0.717, 1.165) is 50.9 Å². The monoisotopic (exact) mass is 359 g/mol. The Morgan fingerprint density at radius 3 is 2.54 bits per heavy atom. The van der Waals surface area contributed by atoms with E-state index in [1.54, 1.807) is 0 Å². The molecule has 0 saturated carbocycles. The summed E-state index contributed by atoms with van der Waals surface area (Å²) in [7, 11) is 0. The van der Waals surface area contributed by atoms with Crippen LogP contribution in [0.1, 0.15) is 76.1 Å². The van der Waals surface area contributed by atoms with E-state index in [1.165, 1.54) is 6.42 Å². The second kappa shape index (κ2) is 10.2. The zero-order valence-corrected chi connectivity index (χ0v) is 16.4. The highest BCUT2D eigenvalue weighted by Gasteiger charge is 2.20. The fourth-order valence-electron chi connectivity index (χ4n) is 3.17. The summed E-state index contributed by atoms with van der Waals surface area (Å²) in [4.78, 5) is 27.2. The Morgan fingerprint density at radius 2 is 1.88 bits per heavy atom. The third kappa shape index (κ3) is 5.75. The van der Waals surface area contributed by atoms with Crippen LogP contribution in [0.4, 0.5) is 11.4 Å². The van der Waals surface area contributed by atoms with Crippen LogP contribution in [-0.4, -0.2) is 30.9 Å². The van der Waals surface area contributed by atoms with E-state index in [4.69, 9.17) is 0 Å². The Labute approximate surface area is 157 Å². The Balaban J connectivity index is 2.23. The minimum Gasteiger partial charge on any atom is -0.371 e. The molecule has 2 N–H and O–H groups in total. The summed E-state index contributed by atoms with van der Waals surface area (Å²) in [5.74, 6) is -0.0598. The van der Waals surface area contributed by atoms with Crippen molar-refractivity contribution >= 4 is 23.2 Å². The maximum absolute atomic E-state index is 12.8. The topological polar surface area (TPSA) is 61.4 Å². The molecule has 0 aromatic heterocycles. The van der Waals surface area contributed by atoms with Gasteiger partial charge in [0.2, 0.25) is 5.91 Å². The Hall–Kier alpha value is -2.04. The molecule has 1 aliphatic heterocycles. The van der Waals surface area contributed by atoms with Crippen LogP contribution in [0.3, 0.4) is 0 Å². The maximum atomic E-state index is 12.8. The summed E-state index contributed by atoms with van der Waals surface area (Å²) in [6.07, 6.45) is 6.82. The number of nitrogens with one attached hydrogen (secondary N) is 2. The quantitative estimate of drug-likeness (QED) is 0.726. The van der Waals surface area contributed by atoms with Gasteiger partial charge in [-0.05, 0) is 57.2 Å². The lowest BCUT2D eigenvalue weighted by molar-refractivity contribution is -0.116. The molecular formula is C21H33N3O2. The zero-order chi connectivity index (χ0) is 18.9. The lowest BCUT2D eigenvalue weighted by Crippen LogP contribution is -2.35. The summed E-state index contributed by atoms with van der Waals surface area (Å²) >= 11 is 0. The molecule has 1 unspecified atom stereocenters. The van der Waals surface area contributed by atoms with Crippen molar-refractivity contribution in [1.82, 2.24) is 5.32 Å². The molecular weight excluding hydrogens is 326 g/mol. The highest BCUT2D eigenvalue weighted by Crippen LogP contribution is 2.27. The third-order valence-corrected chi connectivity index (χ3v) is 4.97. The number of rotatable bonds is 8. The number of carbonyl (C=O) groups is 2. The summed E-state index contributed by atoms with van der Waals surface area (Å²) in [6.45, 7) is 8.09. The summed E-state index contributed by atoms with van der Waals surface area (Å²) < 4.78 is 0. The van der Waals surface area contributed by atoms with Crippen molar-refractivity contribution in [2.45, 2.75) is 71.8 Å². The number of nitrogens with zero attached hydrogens (tertiary/aromatic N) is 1. The van der Waals surface area contributed by atoms with Crippen LogP contribution in [0.2, 0.25) is 0 Å². The Morgan fingerprint density at radius 1 is 1.15 bits per heavy atom. The molecule has 5 nitrogen and oxygen atoms in total. The molecule has 26 heavy (non-hydrogen) atoms. The molecule has 1 fully saturated rings. The molecule has 1 heterocycles. The Bertz CT molecular complexity index is 609. The number of hydrogen-bond acceptors (Lipinski definition) is 3. The van der Waals surface area contributed by atoms with Crippen LogP contribution in [0.15, 0.2) is 18.2 Å². The van der Waals surface area contributed by atoms with Gasteiger partial charge in [-0.3, -0.25) is 9.59 Å². The predicted molar refractivity (Wildman–Crippen MR) is 108 cm³/mol. The number of benzene rings is 1. The number of amides is 2. The second-order valence-corrected chi connectivity index (χ2v) is 7.21. The number of hydrogen-bond donors (Lipinski definition) is 2. The lowest BCUT2D eigenvalue weighted by atomic mass is 10.0. The van der Waals surface area contributed by atoms with Crippen molar-refractivity contribution in [1.29, 1.82) is 0 Å². The van der Waals surface area contributed by atoms with Crippen molar-refractivity contribution < 1.29 is 9.59 Å². The summed E-state index contributed by atoms with van der Waals surface area (Å²) in [5.41, 5.74) is 2.32. The molecule has 1 aromatic carbocycles. The Kier molecular flexibility index (Phi) is 7.95. The molecule has 144 valence electrons. The van der Waals surface area contributed by atoms with Crippen LogP contribution in [0.25, 0.3) is 0 Å². The van der Waals surface area contributed by atoms with Gasteiger partial charge in [0.1, 0.15) is 0 Å². The molecule has 1 saturated heterocycles. The highest BCUT2D eigenvalue weighted by molar-refractivity contribution is 6.02. The molecule has 1 aromatic rings. The average molecular weight is 360 g/mol. The van der Waals surface area contributed by atoms with Gasteiger partial charge in [0.05, 0.1) is 5.56 Å². The van der Waals surface area contributed by atoms with Gasteiger partial charge in [0.15, 0.2) is 0 Å². The molecule has 1 aliphatic rings. The number of anilines is 2. The van der Waals surface area contributed by atoms with E-state index in [2.05, 4.69) is 29.4 Å². The number of unbranched alkanes of at least 4 members (excludes halogenated alkanes) is 1. The SMILES string of the molecule is CCCCC(=O)Nc1ccc(N2CCCCC2)c(C(=O)NC(C)CC)c1. The van der Waals surface area contributed by atoms with Gasteiger partial charge < -0.3 is 15.5 Å². The molecule has 2 amide bonds. The molecule has 2 rings (SSSR count). The van der Waals surface area contributed by atoms with Crippen molar-refractivity contribution in [2.24, 2.45) is 0 Å². The van der Waals surface area contributed by atoms with Gasteiger partial charge in [-0.1, -0.05) is 20.3 Å². The van der Waals surface area contributed by atoms with Gasteiger partial charge in [-0.25, -0.2) is 0 Å². The molecule has 0 radical (unpaired) electrons. The van der Waals surface area contributed by atoms with E-state index in [1.807, 2.05) is 25.1 Å². The van der Waals surface area contributed by atoms with Gasteiger partial charge in [0, 0.05) is 36.9 Å². The fraction of sp³-hybridized carbons (Fsp3) is 0.619. The molecule has 0 spiro atoms. The van der Waals surface area contributed by atoms with Crippen LogP contribution < -0.4 is 15.5 Å². The second-order valence-electron chi connectivity index (χ2n) is 7.21. The number of carbonyl (C=O) groups excluding carboxylic acids is 2. The smallest absolute Gasteiger partial charge is 0.253 e. The van der Waals surface area contributed by atoms with Gasteiger partial charge in [-0.2, -0.15) is 0 Å². The van der Waals surface area contributed by atoms with Crippen LogP contribution in [0.5, 0.6) is 0 Å². The van der Waals surface area contributed by atoms with E-state index in [0.29, 0.717) is 17.7 Å². The van der Waals surface area contributed by atoms with E-state index in [9.17, 15) is 9.59 Å². The predicted octanol–water partition coefficient (Wildman–Crippen LogP) is 4.33. The van der Waals surface area contributed by atoms with Crippen molar-refractivity contribution in [3.63, 3.8) is 0 Å². The third-order valence-electron chi connectivity index (χ3n) is 4.97. The van der Waals surface area contributed by atoms with Crippen LogP contribution in [-0.2, 0) is 4.79 Å². The average Bonchev–Trinajstić information content (AvgIpc) is 2.66. The molecule has 1 atom stereocenters. The zero-order valence-electron chi connectivity index (χ0n) is 16.4. The van der Waals surface area contributed by atoms with Crippen molar-refractivity contribution in [3.05, 3.63) is 23.8 Å². The summed E-state index contributed by atoms with van der Waals surface area (Å²) in [6, 6.07) is 5.84. The highest BCUT2D eigenvalue weighted by atomic mass is 16.2. The first-order valence-electron chi connectivity index (χ1n) is 10.0. The minimum atomic E-state index is -0.0652. The van der Waals surface area contributed by atoms with E-state index in [-0.39, 0.29) is 17.9 Å². The molecule has 0 aliphatic carbocycles. The van der Waals surface area contributed by atoms with E-state index >= 15 is 0 Å². The standard InChI is InChI=1S/C21H33N3O2/c1-4-6-10-20(25)23-17-11-12-19(24-13-8-7-9-14-24)18(15-17)21(26)22-16(3)5-2/h11-12,15-16H,4-10,13-14H2,1-3H3,(H,22,26)(H,23,25). The first-order chi connectivity index (χ1) is 12.5. The van der Waals surface area contributed by atoms with Crippen LogP contribution >= 0.6 is 0 Å². The minimum absolute atomic E-state index is 0.00542. The normalized spacial score (nSPS) is 15.4. The largest absolute Gasteiger partial charge is 0.371 e. The fourth-order valence-corrected chi connectivity index (χ4v) is 3.17. The molecule has 0 bridgehead atoms. The maximum Gasteiger partial charge on any atom is 0.253 e. The first-order valence-corrected chi connectivity index (χ1v) is 10.0. The first kappa shape index (κ1) is 20.3. The molecule has 5 heteroatoms. The van der Waals surface area contributed by atoms with Gasteiger partial charge in [0.25, 0.3) is 5.91 Å². The lowest BCUT2D eigenvalue weighted by Gasteiger charge is -2.31. The van der Waals surface area contributed by atoms with Gasteiger partial charge >= 0.3 is 0 Å². The number of piperidine rings is 1. The van der Waals surface area contributed by atoms with Crippen molar-refractivity contribution in [2.75, 3.05) is 23.3 Å². The van der Waals surface area contributed by atoms with Gasteiger partial charge in [-0.15, -0.1) is 0 Å².